The second-order valence-electron chi connectivity index (χ2n) is 13.8. The minimum absolute atomic E-state index is 0. The number of carbonyl (C=O) groups is 7. The zero-order valence-electron chi connectivity index (χ0n) is 46.1. The van der Waals surface area contributed by atoms with E-state index in [0.29, 0.717) is 23.3 Å². The van der Waals surface area contributed by atoms with E-state index in [1.807, 2.05) is 6.92 Å². The molecule has 0 radical (unpaired) electrons. The fraction of sp³-hybridized carbons (Fsp3) is 0.239. The maximum absolute atomic E-state index is 11.4. The van der Waals surface area contributed by atoms with E-state index in [1.165, 1.54) is 98.9 Å². The van der Waals surface area contributed by atoms with Gasteiger partial charge in [0.15, 0.2) is 34.4 Å². The van der Waals surface area contributed by atoms with Crippen molar-refractivity contribution < 1.29 is 76.9 Å². The molecular weight excluding hydrogens is 1320 g/mol. The smallest absolute Gasteiger partial charge is 0.356 e. The van der Waals surface area contributed by atoms with Crippen LogP contribution in [0.15, 0.2) is 101 Å². The van der Waals surface area contributed by atoms with Gasteiger partial charge in [0.25, 0.3) is 22.6 Å². The Morgan fingerprint density at radius 3 is 1.09 bits per heavy atom. The molecule has 466 valence electrons. The number of nitrogens with zero attached hydrogens (tertiary/aromatic N) is 12. The number of hydrogen-bond donors (Lipinski definition) is 6. The lowest BCUT2D eigenvalue weighted by Gasteiger charge is -2.12. The summed E-state index contributed by atoms with van der Waals surface area (Å²) >= 11 is 8.34. The molecule has 0 saturated carbocycles. The molecule has 0 unspecified atom stereocenters. The van der Waals surface area contributed by atoms with Gasteiger partial charge in [0, 0.05) is 74.6 Å². The zero-order valence-corrected chi connectivity index (χ0v) is 51.6. The maximum Gasteiger partial charge on any atom is 0.356 e. The predicted molar refractivity (Wildman–Crippen MR) is 310 cm³/mol. The number of halogens is 5. The van der Waals surface area contributed by atoms with Crippen molar-refractivity contribution in [2.75, 3.05) is 54.5 Å². The van der Waals surface area contributed by atoms with Crippen LogP contribution in [0, 0.1) is 0 Å². The lowest BCUT2D eigenvalue weighted by Crippen LogP contribution is -2.26. The van der Waals surface area contributed by atoms with Gasteiger partial charge in [-0.05, 0) is 6.92 Å². The molecule has 40 heteroatoms. The van der Waals surface area contributed by atoms with Gasteiger partial charge >= 0.3 is 17.9 Å². The van der Waals surface area contributed by atoms with Crippen LogP contribution in [-0.2, 0) is 18.8 Å². The van der Waals surface area contributed by atoms with E-state index < -0.39 is 32.7 Å². The number of aromatic nitrogens is 14. The van der Waals surface area contributed by atoms with Gasteiger partial charge in [0.05, 0.1) is 102 Å². The predicted octanol–water partition coefficient (Wildman–Crippen LogP) is 3.72. The number of rotatable bonds is 13. The van der Waals surface area contributed by atoms with E-state index in [0.717, 1.165) is 48.9 Å². The Hall–Kier alpha value is -9.04. The van der Waals surface area contributed by atoms with Crippen molar-refractivity contribution in [2.24, 2.45) is 0 Å². The average Bonchev–Trinajstić information content (AvgIpc) is 3.60. The molecule has 0 atom stereocenters. The summed E-state index contributed by atoms with van der Waals surface area (Å²) in [6.07, 6.45) is 16.9. The van der Waals surface area contributed by atoms with Crippen molar-refractivity contribution >= 4 is 112 Å². The largest absolute Gasteiger partial charge is 0.480 e. The van der Waals surface area contributed by atoms with Crippen LogP contribution in [0.1, 0.15) is 94.2 Å². The molecule has 1 amide bonds. The third-order valence-electron chi connectivity index (χ3n) is 8.00. The number of carboxylic acid groups (broad SMARTS) is 3. The Labute approximate surface area is 516 Å². The van der Waals surface area contributed by atoms with Crippen LogP contribution in [0.2, 0.25) is 5.15 Å². The molecule has 86 heavy (non-hydrogen) atoms. The number of methoxy groups -OCH3 is 4. The molecule has 6 N–H and O–H groups in total. The second-order valence-corrected chi connectivity index (χ2v) is 17.2. The van der Waals surface area contributed by atoms with Crippen LogP contribution in [0.5, 0.6) is 17.6 Å². The molecule has 0 aliphatic rings. The molecule has 7 aromatic heterocycles. The SMILES string of the molecule is CC(=O)c1c[nH]c(=O)cn1.CCOC.COc1cnc(C(=O)N(C)OC)cn1.COc1cnc(C(=O)O)cn1.COc1cnc(C(C)=O)cn1.Cl.O=C(CBr)c1c[nH]c(=O)cn1.O=C(O)c1c[nH]c(=O)cn1.O=C(O)c1cnc(Cl)cn1.O=S(Cl)Cl. The first-order valence-electron chi connectivity index (χ1n) is 22.2. The molecule has 0 bridgehead atoms. The van der Waals surface area contributed by atoms with Crippen molar-refractivity contribution in [3.05, 3.63) is 163 Å². The topological polar surface area (TPSA) is 487 Å². The van der Waals surface area contributed by atoms with Gasteiger partial charge in [-0.15, -0.1) is 12.4 Å². The minimum atomic E-state index is -1.67. The summed E-state index contributed by atoms with van der Waals surface area (Å²) in [6.45, 7) is 5.61. The summed E-state index contributed by atoms with van der Waals surface area (Å²) in [5.74, 6) is -3.05. The number of ether oxygens (including phenoxy) is 4. The van der Waals surface area contributed by atoms with Gasteiger partial charge in [-0.1, -0.05) is 27.5 Å². The molecule has 34 nitrogen and oxygen atoms in total. The molecular formula is C46H52BrCl4N15O19S. The maximum atomic E-state index is 11.4. The normalized spacial score (nSPS) is 9.14. The van der Waals surface area contributed by atoms with Crippen LogP contribution in [0.3, 0.4) is 0 Å². The van der Waals surface area contributed by atoms with Gasteiger partial charge in [0.2, 0.25) is 26.9 Å². The Morgan fingerprint density at radius 1 is 0.523 bits per heavy atom. The van der Waals surface area contributed by atoms with Gasteiger partial charge in [-0.3, -0.25) is 38.4 Å². The third-order valence-corrected chi connectivity index (χ3v) is 8.71. The number of hydroxylamine groups is 2. The summed E-state index contributed by atoms with van der Waals surface area (Å²) < 4.78 is 27.9. The number of nitrogens with one attached hydrogen (secondary N) is 3. The Kier molecular flexibility index (Phi) is 44.7. The van der Waals surface area contributed by atoms with E-state index in [-0.39, 0.29) is 91.4 Å². The van der Waals surface area contributed by atoms with Crippen molar-refractivity contribution in [1.29, 1.82) is 0 Å². The van der Waals surface area contributed by atoms with E-state index in [9.17, 15) is 47.9 Å². The van der Waals surface area contributed by atoms with Gasteiger partial charge in [-0.2, -0.15) is 0 Å². The first-order valence-corrected chi connectivity index (χ1v) is 26.5. The Morgan fingerprint density at radius 2 is 0.837 bits per heavy atom. The number of alkyl halides is 1. The number of Topliss-reactive ketones (excluding diaryl/α,β-unsaturated/α-hetero) is 3. The summed E-state index contributed by atoms with van der Waals surface area (Å²) in [5, 5.41) is 26.5. The van der Waals surface area contributed by atoms with Crippen molar-refractivity contribution in [2.45, 2.75) is 20.8 Å². The molecule has 7 aromatic rings. The lowest BCUT2D eigenvalue weighted by atomic mass is 10.3. The van der Waals surface area contributed by atoms with Gasteiger partial charge in [0.1, 0.15) is 27.9 Å². The molecule has 0 spiro atoms. The Bertz CT molecular complexity index is 3190. The number of ketones is 3. The number of hydrogen-bond acceptors (Lipinski definition) is 27. The molecule has 0 aliphatic heterocycles. The highest BCUT2D eigenvalue weighted by molar-refractivity contribution is 9.09. The van der Waals surface area contributed by atoms with Gasteiger partial charge < -0.3 is 49.2 Å². The molecule has 0 saturated heterocycles. The van der Waals surface area contributed by atoms with Crippen molar-refractivity contribution in [1.82, 2.24) is 74.8 Å². The number of carbonyl (C=O) groups excluding carboxylic acids is 4. The quantitative estimate of drug-likeness (QED) is 0.0414. The van der Waals surface area contributed by atoms with E-state index >= 15 is 0 Å². The first-order chi connectivity index (χ1) is 40.1. The monoisotopic (exact) mass is 1370 g/mol. The lowest BCUT2D eigenvalue weighted by molar-refractivity contribution is -0.0760. The van der Waals surface area contributed by atoms with Crippen LogP contribution in [0.4, 0.5) is 0 Å². The van der Waals surface area contributed by atoms with Crippen LogP contribution in [-0.4, -0.2) is 190 Å². The van der Waals surface area contributed by atoms with Crippen LogP contribution in [0.25, 0.3) is 0 Å². The fourth-order valence-corrected chi connectivity index (χ4v) is 4.28. The number of H-pyrrole nitrogens is 3. The van der Waals surface area contributed by atoms with Gasteiger partial charge in [-0.25, -0.2) is 78.5 Å². The standard InChI is InChI=1S/C8H11N3O3.C7H8N2O2.C6H5BrN2O2.C6H6N2O3.C6H6N2O2.C5H3ClN2O2.C5H4N2O3.C3H8O.Cl2OS.ClH/c1-11(14-3)8(12)6-4-10-7(13-2)5-9-6;1-5(10)6-3-9-7(11-2)4-8-6;7-1-5(10)4-2-9-6(11)3-8-4;1-11-5-3-7-4(2-8-5)6(9)10;1-4(9)5-2-8-6(10)3-7-5;6-4-2-7-3(1-8-4)5(9)10;8-4-2-6-3(1-7-4)5(9)10;1-3-4-2;1-4(2)3;/h4-5H,1-3H3;3-4H,1-2H3;2-3H,1H2,(H,9,11);2-3H,1H3,(H,9,10);2-3H,1H3,(H,8,10);1-2H,(H,9,10);1-2H,(H,7,8)(H,9,10);3H2,1-2H3;;1H. The second kappa shape index (κ2) is 47.3. The average molecular weight is 1370 g/mol. The minimum Gasteiger partial charge on any atom is -0.480 e. The molecule has 7 heterocycles. The highest BCUT2D eigenvalue weighted by atomic mass is 79.9. The van der Waals surface area contributed by atoms with E-state index in [1.54, 1.807) is 7.11 Å². The molecule has 0 aliphatic carbocycles. The van der Waals surface area contributed by atoms with Crippen molar-refractivity contribution in [3.8, 4) is 17.6 Å². The highest BCUT2D eigenvalue weighted by Crippen LogP contribution is 2.06. The molecule has 0 aromatic carbocycles. The van der Waals surface area contributed by atoms with Crippen LogP contribution < -0.4 is 30.9 Å². The number of amides is 1. The zero-order chi connectivity index (χ0) is 65.0. The summed E-state index contributed by atoms with van der Waals surface area (Å²) in [4.78, 5) is 157. The number of aromatic amines is 3. The summed E-state index contributed by atoms with van der Waals surface area (Å²) in [6, 6.07) is 0. The summed E-state index contributed by atoms with van der Waals surface area (Å²) in [5.41, 5.74) is -0.289. The molecule has 7 rings (SSSR count). The van der Waals surface area contributed by atoms with E-state index in [2.05, 4.69) is 117 Å². The van der Waals surface area contributed by atoms with Crippen LogP contribution >= 0.6 is 61.3 Å². The van der Waals surface area contributed by atoms with Crippen molar-refractivity contribution in [3.63, 3.8) is 0 Å². The fourth-order valence-electron chi connectivity index (χ4n) is 3.89. The first kappa shape index (κ1) is 81.2. The third kappa shape index (κ3) is 37.9. The Balaban J connectivity index is -0.000000915. The number of aromatic carboxylic acids is 3. The molecule has 0 fully saturated rings. The van der Waals surface area contributed by atoms with E-state index in [4.69, 9.17) is 45.4 Å². The highest BCUT2D eigenvalue weighted by Gasteiger charge is 2.13. The summed E-state index contributed by atoms with van der Waals surface area (Å²) in [7, 11) is 16.3. The number of carboxylic acids is 3.